The van der Waals surface area contributed by atoms with Crippen molar-refractivity contribution in [3.8, 4) is 0 Å². The molecule has 2 atom stereocenters. The van der Waals surface area contributed by atoms with Gasteiger partial charge < -0.3 is 15.5 Å². The molecule has 1 saturated carbocycles. The van der Waals surface area contributed by atoms with E-state index in [9.17, 15) is 4.79 Å². The number of hydrogen-bond donors (Lipinski definition) is 1. The Bertz CT molecular complexity index is 514. The Morgan fingerprint density at radius 1 is 1.19 bits per heavy atom. The lowest BCUT2D eigenvalue weighted by Gasteiger charge is -2.37. The summed E-state index contributed by atoms with van der Waals surface area (Å²) in [5.41, 5.74) is 7.05. The molecule has 1 amide bonds. The van der Waals surface area contributed by atoms with Crippen LogP contribution in [0.4, 0.5) is 5.69 Å². The van der Waals surface area contributed by atoms with Crippen LogP contribution in [0.3, 0.4) is 0 Å². The second-order valence-corrected chi connectivity index (χ2v) is 6.50. The molecule has 1 aliphatic heterocycles. The zero-order valence-electron chi connectivity index (χ0n) is 12.2. The molecule has 0 bridgehead atoms. The summed E-state index contributed by atoms with van der Waals surface area (Å²) in [5, 5.41) is 0.756. The maximum absolute atomic E-state index is 12.5. The number of piperazine rings is 1. The number of amides is 1. The van der Waals surface area contributed by atoms with Crippen LogP contribution in [0.2, 0.25) is 5.02 Å². The molecule has 21 heavy (non-hydrogen) atoms. The van der Waals surface area contributed by atoms with Gasteiger partial charge in [0.25, 0.3) is 0 Å². The minimum Gasteiger partial charge on any atom is -0.368 e. The summed E-state index contributed by atoms with van der Waals surface area (Å²) in [5.74, 6) is 0.450. The second-order valence-electron chi connectivity index (χ2n) is 6.06. The van der Waals surface area contributed by atoms with E-state index < -0.39 is 0 Å². The quantitative estimate of drug-likeness (QED) is 0.910. The summed E-state index contributed by atoms with van der Waals surface area (Å²) >= 11 is 6.04. The Labute approximate surface area is 130 Å². The van der Waals surface area contributed by atoms with Crippen molar-refractivity contribution in [2.45, 2.75) is 25.3 Å². The monoisotopic (exact) mass is 307 g/mol. The van der Waals surface area contributed by atoms with Crippen molar-refractivity contribution in [3.63, 3.8) is 0 Å². The number of anilines is 1. The second kappa shape index (κ2) is 6.24. The first kappa shape index (κ1) is 14.7. The molecule has 3 rings (SSSR count). The number of hydrogen-bond acceptors (Lipinski definition) is 3. The lowest BCUT2D eigenvalue weighted by molar-refractivity contribution is -0.135. The van der Waals surface area contributed by atoms with Crippen LogP contribution in [0, 0.1) is 5.92 Å². The highest BCUT2D eigenvalue weighted by Crippen LogP contribution is 2.27. The first-order chi connectivity index (χ1) is 10.1. The van der Waals surface area contributed by atoms with Gasteiger partial charge in [0.05, 0.1) is 0 Å². The van der Waals surface area contributed by atoms with Gasteiger partial charge in [-0.05, 0) is 37.5 Å². The Morgan fingerprint density at radius 2 is 1.95 bits per heavy atom. The summed E-state index contributed by atoms with van der Waals surface area (Å²) < 4.78 is 0. The normalized spacial score (nSPS) is 26.2. The molecule has 2 aliphatic rings. The number of carbonyl (C=O) groups excluding carboxylic acids is 1. The first-order valence-corrected chi connectivity index (χ1v) is 8.06. The van der Waals surface area contributed by atoms with E-state index in [4.69, 9.17) is 17.3 Å². The molecule has 1 aromatic carbocycles. The van der Waals surface area contributed by atoms with E-state index in [0.29, 0.717) is 5.91 Å². The van der Waals surface area contributed by atoms with Crippen molar-refractivity contribution < 1.29 is 4.79 Å². The third-order valence-corrected chi connectivity index (χ3v) is 4.82. The van der Waals surface area contributed by atoms with Gasteiger partial charge in [-0.2, -0.15) is 0 Å². The van der Waals surface area contributed by atoms with Gasteiger partial charge in [-0.15, -0.1) is 0 Å². The fourth-order valence-electron chi connectivity index (χ4n) is 3.36. The smallest absolute Gasteiger partial charge is 0.225 e. The van der Waals surface area contributed by atoms with Gasteiger partial charge in [0, 0.05) is 48.8 Å². The molecule has 4 nitrogen and oxygen atoms in total. The number of nitrogens with zero attached hydrogens (tertiary/aromatic N) is 2. The predicted molar refractivity (Wildman–Crippen MR) is 85.6 cm³/mol. The number of benzene rings is 1. The SMILES string of the molecule is NC1CCC(C(=O)N2CCN(c3cccc(Cl)c3)CC2)C1. The van der Waals surface area contributed by atoms with E-state index in [1.54, 1.807) is 0 Å². The number of halogens is 1. The van der Waals surface area contributed by atoms with Crippen molar-refractivity contribution in [1.29, 1.82) is 0 Å². The van der Waals surface area contributed by atoms with Crippen molar-refractivity contribution in [2.75, 3.05) is 31.1 Å². The molecular weight excluding hydrogens is 286 g/mol. The van der Waals surface area contributed by atoms with Gasteiger partial charge >= 0.3 is 0 Å². The molecule has 114 valence electrons. The number of carbonyl (C=O) groups is 1. The highest BCUT2D eigenvalue weighted by atomic mass is 35.5. The molecule has 1 heterocycles. The molecule has 1 aliphatic carbocycles. The largest absolute Gasteiger partial charge is 0.368 e. The van der Waals surface area contributed by atoms with Crippen molar-refractivity contribution in [3.05, 3.63) is 29.3 Å². The average Bonchev–Trinajstić information content (AvgIpc) is 2.93. The summed E-state index contributed by atoms with van der Waals surface area (Å²) in [6.45, 7) is 3.31. The van der Waals surface area contributed by atoms with Crippen molar-refractivity contribution in [2.24, 2.45) is 11.7 Å². The van der Waals surface area contributed by atoms with Gasteiger partial charge in [0.2, 0.25) is 5.91 Å². The van der Waals surface area contributed by atoms with E-state index in [1.165, 1.54) is 0 Å². The molecule has 1 aromatic rings. The van der Waals surface area contributed by atoms with Crippen LogP contribution >= 0.6 is 11.6 Å². The zero-order valence-corrected chi connectivity index (χ0v) is 12.9. The molecule has 2 N–H and O–H groups in total. The van der Waals surface area contributed by atoms with E-state index in [-0.39, 0.29) is 12.0 Å². The van der Waals surface area contributed by atoms with Crippen LogP contribution in [-0.2, 0) is 4.79 Å². The lowest BCUT2D eigenvalue weighted by atomic mass is 10.1. The molecule has 2 fully saturated rings. The molecule has 0 aromatic heterocycles. The Hall–Kier alpha value is -1.26. The van der Waals surface area contributed by atoms with Crippen LogP contribution in [0.15, 0.2) is 24.3 Å². The highest BCUT2D eigenvalue weighted by molar-refractivity contribution is 6.30. The zero-order chi connectivity index (χ0) is 14.8. The van der Waals surface area contributed by atoms with Crippen LogP contribution in [-0.4, -0.2) is 43.0 Å². The highest BCUT2D eigenvalue weighted by Gasteiger charge is 2.32. The van der Waals surface area contributed by atoms with Crippen LogP contribution < -0.4 is 10.6 Å². The van der Waals surface area contributed by atoms with Crippen LogP contribution in [0.25, 0.3) is 0 Å². The lowest BCUT2D eigenvalue weighted by Crippen LogP contribution is -2.50. The topological polar surface area (TPSA) is 49.6 Å². The Kier molecular flexibility index (Phi) is 4.36. The Morgan fingerprint density at radius 3 is 2.57 bits per heavy atom. The van der Waals surface area contributed by atoms with Gasteiger partial charge in [-0.25, -0.2) is 0 Å². The third kappa shape index (κ3) is 3.33. The van der Waals surface area contributed by atoms with Gasteiger partial charge in [0.15, 0.2) is 0 Å². The maximum atomic E-state index is 12.5. The molecule has 2 unspecified atom stereocenters. The summed E-state index contributed by atoms with van der Waals surface area (Å²) in [7, 11) is 0. The summed E-state index contributed by atoms with van der Waals surface area (Å²) in [6.07, 6.45) is 2.79. The molecule has 1 saturated heterocycles. The Balaban J connectivity index is 1.56. The fraction of sp³-hybridized carbons (Fsp3) is 0.562. The fourth-order valence-corrected chi connectivity index (χ4v) is 3.54. The van der Waals surface area contributed by atoms with E-state index in [1.807, 2.05) is 23.1 Å². The minimum absolute atomic E-state index is 0.151. The van der Waals surface area contributed by atoms with Crippen molar-refractivity contribution in [1.82, 2.24) is 4.90 Å². The summed E-state index contributed by atoms with van der Waals surface area (Å²) in [6, 6.07) is 8.11. The van der Waals surface area contributed by atoms with Crippen LogP contribution in [0.1, 0.15) is 19.3 Å². The van der Waals surface area contributed by atoms with Gasteiger partial charge in [-0.1, -0.05) is 17.7 Å². The summed E-state index contributed by atoms with van der Waals surface area (Å²) in [4.78, 5) is 16.8. The molecule has 0 radical (unpaired) electrons. The number of nitrogens with two attached hydrogens (primary N) is 1. The van der Waals surface area contributed by atoms with E-state index >= 15 is 0 Å². The maximum Gasteiger partial charge on any atom is 0.225 e. The van der Waals surface area contributed by atoms with Crippen LogP contribution in [0.5, 0.6) is 0 Å². The molecule has 0 spiro atoms. The minimum atomic E-state index is 0.151. The number of rotatable bonds is 2. The average molecular weight is 308 g/mol. The predicted octanol–water partition coefficient (Wildman–Crippen LogP) is 2.12. The molecular formula is C16H22ClN3O. The van der Waals surface area contributed by atoms with Gasteiger partial charge in [0.1, 0.15) is 0 Å². The standard InChI is InChI=1S/C16H22ClN3O/c17-13-2-1-3-15(11-13)19-6-8-20(9-7-19)16(21)12-4-5-14(18)10-12/h1-3,11-12,14H,4-10,18H2. The van der Waals surface area contributed by atoms with Crippen molar-refractivity contribution >= 4 is 23.2 Å². The third-order valence-electron chi connectivity index (χ3n) is 4.59. The molecule has 5 heteroatoms. The van der Waals surface area contributed by atoms with E-state index in [0.717, 1.165) is 56.2 Å². The van der Waals surface area contributed by atoms with Gasteiger partial charge in [-0.3, -0.25) is 4.79 Å². The first-order valence-electron chi connectivity index (χ1n) is 7.68. The van der Waals surface area contributed by atoms with E-state index in [2.05, 4.69) is 11.0 Å².